The number of ether oxygens (including phenoxy) is 1. The van der Waals surface area contributed by atoms with Crippen LogP contribution in [-0.4, -0.2) is 36.4 Å². The highest BCUT2D eigenvalue weighted by molar-refractivity contribution is 9.10. The minimum Gasteiger partial charge on any atom is -0.484 e. The van der Waals surface area contributed by atoms with Crippen LogP contribution in [0.3, 0.4) is 0 Å². The molecule has 0 bridgehead atoms. The van der Waals surface area contributed by atoms with Gasteiger partial charge in [-0.15, -0.1) is 0 Å². The Kier molecular flexibility index (Phi) is 5.00. The van der Waals surface area contributed by atoms with Crippen LogP contribution in [0.2, 0.25) is 0 Å². The maximum atomic E-state index is 12.1. The topological polar surface area (TPSA) is 72.6 Å². The molecule has 1 unspecified atom stereocenters. The van der Waals surface area contributed by atoms with Gasteiger partial charge in [0, 0.05) is 17.6 Å². The van der Waals surface area contributed by atoms with E-state index in [4.69, 9.17) is 10.5 Å². The van der Waals surface area contributed by atoms with Crippen LogP contribution in [0, 0.1) is 5.92 Å². The molecular formula is C14H17BrN2O3. The molecule has 0 aromatic heterocycles. The molecule has 20 heavy (non-hydrogen) atoms. The summed E-state index contributed by atoms with van der Waals surface area (Å²) in [6.45, 7) is 1.03. The first-order valence-corrected chi connectivity index (χ1v) is 7.31. The van der Waals surface area contributed by atoms with Gasteiger partial charge in [0.1, 0.15) is 5.75 Å². The number of rotatable bonds is 4. The first-order chi connectivity index (χ1) is 9.56. The molecule has 6 heteroatoms. The fourth-order valence-electron chi connectivity index (χ4n) is 2.23. The Hall–Kier alpha value is -1.56. The van der Waals surface area contributed by atoms with Gasteiger partial charge in [-0.2, -0.15) is 0 Å². The van der Waals surface area contributed by atoms with E-state index in [1.165, 1.54) is 0 Å². The predicted octanol–water partition coefficient (Wildman–Crippen LogP) is 1.55. The number of amides is 2. The third-order valence-corrected chi connectivity index (χ3v) is 3.83. The zero-order valence-corrected chi connectivity index (χ0v) is 12.6. The smallest absolute Gasteiger partial charge is 0.260 e. The number of hydrogen-bond acceptors (Lipinski definition) is 3. The van der Waals surface area contributed by atoms with E-state index in [0.717, 1.165) is 17.3 Å². The van der Waals surface area contributed by atoms with E-state index < -0.39 is 0 Å². The molecule has 0 radical (unpaired) electrons. The molecule has 5 nitrogen and oxygen atoms in total. The Morgan fingerprint density at radius 2 is 2.25 bits per heavy atom. The standard InChI is InChI=1S/C14H17BrN2O3/c15-11-4-1-5-12(7-11)20-9-13(18)17-6-2-3-10(8-17)14(16)19/h1,4-5,7,10H,2-3,6,8-9H2,(H2,16,19). The van der Waals surface area contributed by atoms with Crippen molar-refractivity contribution in [2.75, 3.05) is 19.7 Å². The highest BCUT2D eigenvalue weighted by atomic mass is 79.9. The Labute approximate surface area is 126 Å². The molecule has 1 heterocycles. The summed E-state index contributed by atoms with van der Waals surface area (Å²) in [6.07, 6.45) is 1.56. The molecule has 2 amide bonds. The summed E-state index contributed by atoms with van der Waals surface area (Å²) in [5, 5.41) is 0. The van der Waals surface area contributed by atoms with Crippen LogP contribution < -0.4 is 10.5 Å². The normalized spacial score (nSPS) is 18.6. The van der Waals surface area contributed by atoms with E-state index in [-0.39, 0.29) is 24.3 Å². The van der Waals surface area contributed by atoms with Crippen molar-refractivity contribution in [2.24, 2.45) is 11.7 Å². The Morgan fingerprint density at radius 1 is 1.45 bits per heavy atom. The number of benzene rings is 1. The number of piperidine rings is 1. The number of nitrogens with zero attached hydrogens (tertiary/aromatic N) is 1. The summed E-state index contributed by atoms with van der Waals surface area (Å²) in [6, 6.07) is 7.32. The van der Waals surface area contributed by atoms with Crippen LogP contribution in [0.5, 0.6) is 5.75 Å². The lowest BCUT2D eigenvalue weighted by Crippen LogP contribution is -2.45. The van der Waals surface area contributed by atoms with Crippen molar-refractivity contribution in [2.45, 2.75) is 12.8 Å². The van der Waals surface area contributed by atoms with Crippen LogP contribution in [0.25, 0.3) is 0 Å². The van der Waals surface area contributed by atoms with Gasteiger partial charge in [-0.1, -0.05) is 22.0 Å². The monoisotopic (exact) mass is 340 g/mol. The molecule has 1 fully saturated rings. The second kappa shape index (κ2) is 6.74. The average molecular weight is 341 g/mol. The maximum absolute atomic E-state index is 12.1. The molecule has 0 saturated carbocycles. The summed E-state index contributed by atoms with van der Waals surface area (Å²) in [7, 11) is 0. The van der Waals surface area contributed by atoms with Crippen LogP contribution >= 0.6 is 15.9 Å². The Balaban J connectivity index is 1.87. The van der Waals surface area contributed by atoms with Gasteiger partial charge in [-0.3, -0.25) is 9.59 Å². The summed E-state index contributed by atoms with van der Waals surface area (Å²) in [5.74, 6) is -0.0545. The number of likely N-dealkylation sites (tertiary alicyclic amines) is 1. The summed E-state index contributed by atoms with van der Waals surface area (Å²) in [4.78, 5) is 24.9. The minimum absolute atomic E-state index is 0.0259. The van der Waals surface area contributed by atoms with Gasteiger partial charge in [0.05, 0.1) is 5.92 Å². The average Bonchev–Trinajstić information content (AvgIpc) is 2.45. The lowest BCUT2D eigenvalue weighted by molar-refractivity contribution is -0.136. The number of primary amides is 1. The highest BCUT2D eigenvalue weighted by Crippen LogP contribution is 2.19. The van der Waals surface area contributed by atoms with Crippen molar-refractivity contribution in [1.82, 2.24) is 4.90 Å². The Morgan fingerprint density at radius 3 is 2.95 bits per heavy atom. The molecule has 108 valence electrons. The van der Waals surface area contributed by atoms with Crippen molar-refractivity contribution >= 4 is 27.7 Å². The first-order valence-electron chi connectivity index (χ1n) is 6.51. The third-order valence-electron chi connectivity index (χ3n) is 3.33. The fourth-order valence-corrected chi connectivity index (χ4v) is 2.61. The molecule has 1 aromatic rings. The molecule has 1 aromatic carbocycles. The largest absolute Gasteiger partial charge is 0.484 e. The molecular weight excluding hydrogens is 324 g/mol. The van der Waals surface area contributed by atoms with E-state index in [1.54, 1.807) is 17.0 Å². The van der Waals surface area contributed by atoms with Crippen molar-refractivity contribution in [3.63, 3.8) is 0 Å². The zero-order chi connectivity index (χ0) is 14.5. The van der Waals surface area contributed by atoms with Crippen molar-refractivity contribution in [1.29, 1.82) is 0 Å². The zero-order valence-electron chi connectivity index (χ0n) is 11.0. The van der Waals surface area contributed by atoms with Crippen LogP contribution in [0.1, 0.15) is 12.8 Å². The van der Waals surface area contributed by atoms with E-state index in [9.17, 15) is 9.59 Å². The van der Waals surface area contributed by atoms with Gasteiger partial charge >= 0.3 is 0 Å². The molecule has 1 atom stereocenters. The van der Waals surface area contributed by atoms with Crippen LogP contribution in [-0.2, 0) is 9.59 Å². The van der Waals surface area contributed by atoms with Crippen LogP contribution in [0.4, 0.5) is 0 Å². The van der Waals surface area contributed by atoms with Gasteiger partial charge in [0.2, 0.25) is 5.91 Å². The molecule has 1 saturated heterocycles. The van der Waals surface area contributed by atoms with Gasteiger partial charge < -0.3 is 15.4 Å². The van der Waals surface area contributed by atoms with E-state index >= 15 is 0 Å². The first kappa shape index (κ1) is 14.8. The molecule has 0 aliphatic carbocycles. The summed E-state index contributed by atoms with van der Waals surface area (Å²) >= 11 is 3.34. The van der Waals surface area contributed by atoms with Crippen molar-refractivity contribution < 1.29 is 14.3 Å². The maximum Gasteiger partial charge on any atom is 0.260 e. The van der Waals surface area contributed by atoms with E-state index in [2.05, 4.69) is 15.9 Å². The van der Waals surface area contributed by atoms with Crippen LogP contribution in [0.15, 0.2) is 28.7 Å². The minimum atomic E-state index is -0.338. The molecule has 0 spiro atoms. The molecule has 2 rings (SSSR count). The Bertz CT molecular complexity index is 507. The van der Waals surface area contributed by atoms with Gasteiger partial charge in [-0.25, -0.2) is 0 Å². The molecule has 1 aliphatic heterocycles. The lowest BCUT2D eigenvalue weighted by atomic mass is 9.97. The van der Waals surface area contributed by atoms with Gasteiger partial charge in [-0.05, 0) is 31.0 Å². The number of carbonyl (C=O) groups is 2. The SMILES string of the molecule is NC(=O)C1CCCN(C(=O)COc2cccc(Br)c2)C1. The van der Waals surface area contributed by atoms with Gasteiger partial charge in [0.25, 0.3) is 5.91 Å². The van der Waals surface area contributed by atoms with Crippen molar-refractivity contribution in [3.8, 4) is 5.75 Å². The van der Waals surface area contributed by atoms with Crippen molar-refractivity contribution in [3.05, 3.63) is 28.7 Å². The fraction of sp³-hybridized carbons (Fsp3) is 0.429. The highest BCUT2D eigenvalue weighted by Gasteiger charge is 2.26. The van der Waals surface area contributed by atoms with E-state index in [1.807, 2.05) is 12.1 Å². The summed E-state index contributed by atoms with van der Waals surface area (Å²) in [5.41, 5.74) is 5.30. The van der Waals surface area contributed by atoms with E-state index in [0.29, 0.717) is 18.8 Å². The number of hydrogen-bond donors (Lipinski definition) is 1. The molecule has 1 aliphatic rings. The third kappa shape index (κ3) is 3.96. The van der Waals surface area contributed by atoms with Gasteiger partial charge in [0.15, 0.2) is 6.61 Å². The lowest BCUT2D eigenvalue weighted by Gasteiger charge is -2.31. The molecule has 2 N–H and O–H groups in total. The quantitative estimate of drug-likeness (QED) is 0.903. The summed E-state index contributed by atoms with van der Waals surface area (Å²) < 4.78 is 6.36. The number of nitrogens with two attached hydrogens (primary N) is 1. The predicted molar refractivity (Wildman–Crippen MR) is 78.1 cm³/mol. The number of carbonyl (C=O) groups excluding carboxylic acids is 2. The second-order valence-electron chi connectivity index (χ2n) is 4.83. The number of halogens is 1. The second-order valence-corrected chi connectivity index (χ2v) is 5.74.